The fraction of sp³-hybridized carbons (Fsp3) is 0.365. The number of carbonyl (C=O) groups excluding carboxylic acids is 5. The number of rotatable bonds is 29. The number of ketones is 2. The molecule has 2 fully saturated rings. The van der Waals surface area contributed by atoms with Gasteiger partial charge in [0.25, 0.3) is 23.6 Å². The summed E-state index contributed by atoms with van der Waals surface area (Å²) in [6, 6.07) is 30.4. The van der Waals surface area contributed by atoms with E-state index in [2.05, 4.69) is 46.3 Å². The predicted octanol–water partition coefficient (Wildman–Crippen LogP) is 8.62. The first kappa shape index (κ1) is 92.2. The summed E-state index contributed by atoms with van der Waals surface area (Å²) in [5.74, 6) is -10.9. The number of amides is 3. The minimum atomic E-state index is -3.78. The second-order valence-corrected chi connectivity index (χ2v) is 30.4. The van der Waals surface area contributed by atoms with Gasteiger partial charge in [0.15, 0.2) is 29.3 Å². The van der Waals surface area contributed by atoms with E-state index >= 15 is 0 Å². The number of halogens is 4. The van der Waals surface area contributed by atoms with E-state index in [-0.39, 0.29) is 123 Å². The third-order valence-corrected chi connectivity index (χ3v) is 20.4. The van der Waals surface area contributed by atoms with Gasteiger partial charge in [-0.2, -0.15) is 18.7 Å². The number of carboxylic acid groups (broad SMARTS) is 1. The highest BCUT2D eigenvalue weighted by Gasteiger charge is 2.60. The maximum Gasteiger partial charge on any atom is 0.350 e. The molecule has 0 unspecified atom stereocenters. The van der Waals surface area contributed by atoms with E-state index in [1.54, 1.807) is 126 Å². The molecule has 1 saturated heterocycles. The van der Waals surface area contributed by atoms with E-state index in [1.807, 2.05) is 27.7 Å². The van der Waals surface area contributed by atoms with Gasteiger partial charge in [-0.3, -0.25) is 42.2 Å². The zero-order valence-corrected chi connectivity index (χ0v) is 68.3. The zero-order valence-electron chi connectivity index (χ0n) is 68.3. The molecular weight excluding hydrogens is 1610 g/mol. The summed E-state index contributed by atoms with van der Waals surface area (Å²) in [4.78, 5) is 108. The second-order valence-electron chi connectivity index (χ2n) is 30.4. The fourth-order valence-corrected chi connectivity index (χ4v) is 13.6. The molecule has 38 heteroatoms. The lowest BCUT2D eigenvalue weighted by Crippen LogP contribution is -2.45. The van der Waals surface area contributed by atoms with Crippen molar-refractivity contribution >= 4 is 35.3 Å². The predicted molar refractivity (Wildman–Crippen MR) is 435 cm³/mol. The van der Waals surface area contributed by atoms with E-state index in [4.69, 9.17) is 30.2 Å². The third-order valence-electron chi connectivity index (χ3n) is 20.4. The number of aromatic hydroxyl groups is 4. The molecule has 2 aliphatic rings. The lowest BCUT2D eigenvalue weighted by Gasteiger charge is -2.23. The van der Waals surface area contributed by atoms with Crippen LogP contribution in [0.5, 0.6) is 46.0 Å². The summed E-state index contributed by atoms with van der Waals surface area (Å²) < 4.78 is 78.5. The van der Waals surface area contributed by atoms with E-state index < -0.39 is 114 Å². The van der Waals surface area contributed by atoms with Crippen molar-refractivity contribution in [2.75, 3.05) is 26.3 Å². The quantitative estimate of drug-likeness (QED) is 0.0195. The molecular formula is C85H94F4N14O20. The Morgan fingerprint density at radius 1 is 0.537 bits per heavy atom. The van der Waals surface area contributed by atoms with Gasteiger partial charge in [0, 0.05) is 67.1 Å². The number of nitrogens with two attached hydrogens (primary N) is 1. The molecule has 0 spiro atoms. The summed E-state index contributed by atoms with van der Waals surface area (Å²) >= 11 is 0. The molecule has 0 radical (unpaired) electrons. The average Bonchev–Trinajstić information content (AvgIpc) is 1.64. The molecule has 123 heavy (non-hydrogen) atoms. The van der Waals surface area contributed by atoms with Gasteiger partial charge < -0.3 is 81.9 Å². The number of aromatic nitrogens is 10. The van der Waals surface area contributed by atoms with Crippen molar-refractivity contribution in [3.8, 4) is 80.1 Å². The van der Waals surface area contributed by atoms with Crippen molar-refractivity contribution in [1.29, 1.82) is 0 Å². The number of phenols is 4. The number of hydrogen-bond donors (Lipinski definition) is 13. The number of benzene rings is 6. The minimum Gasteiger partial charge on any atom is -0.508 e. The van der Waals surface area contributed by atoms with Gasteiger partial charge in [0.1, 0.15) is 64.2 Å². The number of ether oxygens (including phenoxy) is 3. The number of nitrogens with zero attached hydrogens (tertiary/aromatic N) is 10. The van der Waals surface area contributed by atoms with Crippen molar-refractivity contribution in [2.24, 2.45) is 23.5 Å². The molecule has 652 valence electrons. The van der Waals surface area contributed by atoms with Gasteiger partial charge in [-0.05, 0) is 176 Å². The third kappa shape index (κ3) is 20.7. The molecule has 1 aliphatic heterocycles. The molecule has 34 nitrogen and oxygen atoms in total. The summed E-state index contributed by atoms with van der Waals surface area (Å²) in [6.45, 7) is 17.4. The first-order valence-electron chi connectivity index (χ1n) is 39.1. The van der Waals surface area contributed by atoms with Gasteiger partial charge in [0.2, 0.25) is 17.9 Å². The van der Waals surface area contributed by atoms with Gasteiger partial charge in [-0.25, -0.2) is 23.2 Å². The number of alkyl halides is 4. The Hall–Kier alpha value is -13.1. The largest absolute Gasteiger partial charge is 0.508 e. The molecule has 10 aromatic rings. The number of nitrogens with one attached hydrogen (secondary N) is 3. The van der Waals surface area contributed by atoms with E-state index in [0.717, 1.165) is 12.4 Å². The molecule has 6 aromatic carbocycles. The molecule has 5 heterocycles. The van der Waals surface area contributed by atoms with Gasteiger partial charge in [0.05, 0.1) is 59.6 Å². The number of carboxylic acids is 1. The Morgan fingerprint density at radius 3 is 1.33 bits per heavy atom. The average molecular weight is 1710 g/mol. The summed E-state index contributed by atoms with van der Waals surface area (Å²) in [6.07, 6.45) is -6.77. The van der Waals surface area contributed by atoms with E-state index in [9.17, 15) is 91.7 Å². The van der Waals surface area contributed by atoms with Crippen LogP contribution in [0.3, 0.4) is 0 Å². The van der Waals surface area contributed by atoms with Crippen LogP contribution in [0.2, 0.25) is 0 Å². The van der Waals surface area contributed by atoms with Crippen LogP contribution in [-0.4, -0.2) is 198 Å². The van der Waals surface area contributed by atoms with Crippen LogP contribution in [0.15, 0.2) is 155 Å². The first-order chi connectivity index (χ1) is 58.2. The second kappa shape index (κ2) is 39.1. The van der Waals surface area contributed by atoms with Crippen molar-refractivity contribution in [3.63, 3.8) is 0 Å². The van der Waals surface area contributed by atoms with E-state index in [0.29, 0.717) is 73.3 Å². The van der Waals surface area contributed by atoms with Gasteiger partial charge >= 0.3 is 23.3 Å². The lowest BCUT2D eigenvalue weighted by molar-refractivity contribution is -0.141. The number of aliphatic hydroxyl groups is 4. The topological polar surface area (TPSA) is 505 Å². The highest BCUT2D eigenvalue weighted by atomic mass is 19.3. The maximum atomic E-state index is 14.7. The number of aromatic carboxylic acids is 1. The Balaban J connectivity index is 0.000000215. The van der Waals surface area contributed by atoms with Crippen molar-refractivity contribution < 1.29 is 106 Å². The van der Waals surface area contributed by atoms with Crippen LogP contribution in [0.4, 0.5) is 17.6 Å². The smallest absolute Gasteiger partial charge is 0.350 e. The minimum absolute atomic E-state index is 0.0164. The van der Waals surface area contributed by atoms with Crippen LogP contribution in [0, 0.1) is 17.8 Å². The SMILES string of the molecule is CC(C)[C@H](N)C(=O)Cc1ccn([C@@H]2O[C@H](CO)[C@@H](O)C2(F)F)c(=O)n1.CCNC(=O)c1nnc(-c2cc(C(C)C)c(O)cc2O)n1-c1ccc(Oc2ccc(C(=O)N[C@H](C(=O)Cc3ccn([C@@H]4C[C@H](CO)[C@@H](O)C4(F)F)c(=O)n3)C(C)C)cc2)cc1.CCNC(=O)c1nnc(-c2cc(C(C)C)c(O)cc2O)n1-c1ccc(Oc2ccc(C(=O)O)cc2)cc1. The molecule has 3 amide bonds. The highest BCUT2D eigenvalue weighted by Crippen LogP contribution is 2.47. The van der Waals surface area contributed by atoms with Crippen LogP contribution in [0.1, 0.15) is 164 Å². The molecule has 12 rings (SSSR count). The Bertz CT molecular complexity index is 5610. The number of carbonyl (C=O) groups is 6. The molecule has 1 aliphatic carbocycles. The Morgan fingerprint density at radius 2 is 0.959 bits per heavy atom. The Labute approximate surface area is 700 Å². The van der Waals surface area contributed by atoms with Crippen molar-refractivity contribution in [3.05, 3.63) is 212 Å². The normalized spacial score (nSPS) is 17.5. The molecule has 8 atom stereocenters. The van der Waals surface area contributed by atoms with Crippen LogP contribution < -0.4 is 42.5 Å². The first-order valence-corrected chi connectivity index (χ1v) is 39.1. The summed E-state index contributed by atoms with van der Waals surface area (Å²) in [5, 5.41) is 114. The number of aliphatic hydroxyl groups excluding tert-OH is 4. The van der Waals surface area contributed by atoms with Crippen LogP contribution in [0.25, 0.3) is 34.2 Å². The van der Waals surface area contributed by atoms with Crippen molar-refractivity contribution in [2.45, 2.75) is 155 Å². The summed E-state index contributed by atoms with van der Waals surface area (Å²) in [7, 11) is 0. The summed E-state index contributed by atoms with van der Waals surface area (Å²) in [5.41, 5.74) is 6.88. The Kier molecular flexibility index (Phi) is 29.3. The van der Waals surface area contributed by atoms with Crippen LogP contribution in [-0.2, 0) is 27.2 Å². The maximum absolute atomic E-state index is 14.7. The number of phenolic OH excluding ortho intramolecular Hbond substituents is 4. The molecule has 14 N–H and O–H groups in total. The van der Waals surface area contributed by atoms with Gasteiger partial charge in [-0.1, -0.05) is 55.4 Å². The van der Waals surface area contributed by atoms with Gasteiger partial charge in [-0.15, -0.1) is 20.4 Å². The monoisotopic (exact) mass is 1710 g/mol. The number of Topliss-reactive ketones (excluding diaryl/α,β-unsaturated/α-hetero) is 2. The molecule has 1 saturated carbocycles. The highest BCUT2D eigenvalue weighted by molar-refractivity contribution is 5.99. The zero-order chi connectivity index (χ0) is 90.0. The molecule has 0 bridgehead atoms. The standard InChI is InChI=1S/C43H47F2N7O9.C27H26N4O6.C15H21F2N3O5/c1-6-46-41(59)39-50-49-38(31-19-30(22(2)3)32(54)20-33(31)55)52(39)27-9-13-29(14-10-27)61-28-11-7-24(8-12-28)40(58)48-36(23(4)5)34(56)18-26-15-16-51(42(60)47-26)35-17-25(21-53)37(57)43(35,44)45;1-4-28-26(34)25-30-29-24(21-13-20(15(2)3)22(32)14-23(21)33)31(25)17-7-11-19(12-8-17)37-18-9-5-16(6-10-18)27(35)36;1-7(2)11(18)9(22)5-8-3-4-20(14(24)19-8)13-15(16,17)12(23)10(6-21)25-13/h7-16,19-20,22-23,25,35-37,53-55,57H,6,17-18,21H2,1-5H3,(H,46,59)(H,48,58);5-15,32-33H,4H2,1-3H3,(H,28,34)(H,35,36);3-4,7,10-13,21,23H,5-6,18H2,1-2H3/t25-,35-,36+,37-;;10-,11+,12-,13-/m1.1/s1. The number of hydrogen-bond acceptors (Lipinski definition) is 26. The van der Waals surface area contributed by atoms with E-state index in [1.165, 1.54) is 57.7 Å². The fourth-order valence-electron chi connectivity index (χ4n) is 13.6. The molecule has 4 aromatic heterocycles. The lowest BCUT2D eigenvalue weighted by atomic mass is 9.96. The van der Waals surface area contributed by atoms with Crippen molar-refractivity contribution in [1.82, 2.24) is 64.6 Å². The van der Waals surface area contributed by atoms with Crippen LogP contribution >= 0.6 is 0 Å².